The van der Waals surface area contributed by atoms with Gasteiger partial charge in [-0.1, -0.05) is 23.7 Å². The summed E-state index contributed by atoms with van der Waals surface area (Å²) >= 11 is 5.98. The number of rotatable bonds is 5. The zero-order valence-corrected chi connectivity index (χ0v) is 11.0. The van der Waals surface area contributed by atoms with Crippen LogP contribution in [0.1, 0.15) is 19.2 Å². The van der Waals surface area contributed by atoms with E-state index in [0.717, 1.165) is 0 Å². The molecule has 1 atom stereocenters. The molecule has 0 aliphatic carbocycles. The lowest BCUT2D eigenvalue weighted by atomic mass is 10.0. The smallest absolute Gasteiger partial charge is 0.303 e. The Morgan fingerprint density at radius 1 is 1.58 bits per heavy atom. The van der Waals surface area contributed by atoms with Crippen LogP contribution in [0.15, 0.2) is 22.9 Å². The maximum atomic E-state index is 10.6. The van der Waals surface area contributed by atoms with Crippen molar-refractivity contribution in [1.29, 1.82) is 0 Å². The van der Waals surface area contributed by atoms with Crippen LogP contribution in [0.2, 0.25) is 5.02 Å². The lowest BCUT2D eigenvalue weighted by Gasteiger charge is -2.03. The Kier molecular flexibility index (Phi) is 4.11. The maximum Gasteiger partial charge on any atom is 0.303 e. The highest BCUT2D eigenvalue weighted by Crippen LogP contribution is 2.23. The minimum atomic E-state index is -0.847. The molecule has 1 N–H and O–H groups in total. The Hall–Kier alpha value is -1.95. The topological polar surface area (TPSA) is 89.1 Å². The number of aromatic nitrogens is 3. The molecule has 2 heterocycles. The normalized spacial score (nSPS) is 12.3. The minimum absolute atomic E-state index is 0.0576. The molecule has 0 bridgehead atoms. The van der Waals surface area contributed by atoms with Crippen LogP contribution in [0.5, 0.6) is 0 Å². The fourth-order valence-corrected chi connectivity index (χ4v) is 1.86. The van der Waals surface area contributed by atoms with Gasteiger partial charge in [-0.05, 0) is 18.1 Å². The molecule has 1 unspecified atom stereocenters. The van der Waals surface area contributed by atoms with Gasteiger partial charge >= 0.3 is 5.97 Å². The zero-order valence-electron chi connectivity index (χ0n) is 10.2. The first kappa shape index (κ1) is 13.5. The fraction of sp³-hybridized carbons (Fsp3) is 0.333. The first-order valence-electron chi connectivity index (χ1n) is 5.71. The highest BCUT2D eigenvalue weighted by atomic mass is 35.5. The monoisotopic (exact) mass is 281 g/mol. The van der Waals surface area contributed by atoms with E-state index in [1.807, 2.05) is 6.92 Å². The molecule has 100 valence electrons. The minimum Gasteiger partial charge on any atom is -0.481 e. The van der Waals surface area contributed by atoms with Crippen molar-refractivity contribution in [1.82, 2.24) is 15.1 Å². The summed E-state index contributed by atoms with van der Waals surface area (Å²) in [5.41, 5.74) is 0.449. The molecule has 0 aliphatic rings. The van der Waals surface area contributed by atoms with Crippen molar-refractivity contribution in [3.63, 3.8) is 0 Å². The first-order chi connectivity index (χ1) is 9.06. The molecule has 0 saturated heterocycles. The Bertz CT molecular complexity index is 585. The van der Waals surface area contributed by atoms with Crippen LogP contribution >= 0.6 is 11.6 Å². The number of carboxylic acids is 1. The molecule has 0 fully saturated rings. The molecule has 6 nitrogen and oxygen atoms in total. The van der Waals surface area contributed by atoms with Gasteiger partial charge in [0.25, 0.3) is 0 Å². The fourth-order valence-electron chi connectivity index (χ4n) is 1.65. The molecule has 0 aromatic carbocycles. The van der Waals surface area contributed by atoms with E-state index in [2.05, 4.69) is 15.1 Å². The van der Waals surface area contributed by atoms with Gasteiger partial charge in [-0.15, -0.1) is 0 Å². The number of pyridine rings is 1. The SMILES string of the molecule is CC(CC(=O)O)Cc1nc(-c2ncccc2Cl)no1. The van der Waals surface area contributed by atoms with Crippen molar-refractivity contribution in [3.05, 3.63) is 29.2 Å². The molecule has 7 heteroatoms. The molecular weight excluding hydrogens is 270 g/mol. The molecule has 0 amide bonds. The third kappa shape index (κ3) is 3.51. The maximum absolute atomic E-state index is 10.6. The zero-order chi connectivity index (χ0) is 13.8. The lowest BCUT2D eigenvalue weighted by Crippen LogP contribution is -2.07. The van der Waals surface area contributed by atoms with Gasteiger partial charge in [0.05, 0.1) is 5.02 Å². The van der Waals surface area contributed by atoms with E-state index < -0.39 is 5.97 Å². The van der Waals surface area contributed by atoms with Gasteiger partial charge in [-0.3, -0.25) is 9.78 Å². The average Bonchev–Trinajstić information content (AvgIpc) is 2.76. The van der Waals surface area contributed by atoms with E-state index in [1.165, 1.54) is 0 Å². The van der Waals surface area contributed by atoms with Crippen molar-refractivity contribution in [2.75, 3.05) is 0 Å². The van der Waals surface area contributed by atoms with Crippen molar-refractivity contribution in [2.24, 2.45) is 5.92 Å². The van der Waals surface area contributed by atoms with E-state index in [4.69, 9.17) is 21.2 Å². The number of carboxylic acid groups (broad SMARTS) is 1. The number of nitrogens with zero attached hydrogens (tertiary/aromatic N) is 3. The molecule has 2 rings (SSSR count). The predicted octanol–water partition coefficient (Wildman–Crippen LogP) is 2.44. The quantitative estimate of drug-likeness (QED) is 0.905. The molecule has 0 spiro atoms. The van der Waals surface area contributed by atoms with E-state index >= 15 is 0 Å². The number of aliphatic carboxylic acids is 1. The molecule has 19 heavy (non-hydrogen) atoms. The standard InChI is InChI=1S/C12H12ClN3O3/c1-7(6-10(17)18)5-9-15-12(16-19-9)11-8(13)3-2-4-14-11/h2-4,7H,5-6H2,1H3,(H,17,18). The largest absolute Gasteiger partial charge is 0.481 e. The molecular formula is C12H12ClN3O3. The van der Waals surface area contributed by atoms with Crippen molar-refractivity contribution < 1.29 is 14.4 Å². The average molecular weight is 282 g/mol. The summed E-state index contributed by atoms with van der Waals surface area (Å²) in [4.78, 5) is 18.8. The Morgan fingerprint density at radius 3 is 3.05 bits per heavy atom. The summed E-state index contributed by atoms with van der Waals surface area (Å²) in [5, 5.41) is 12.9. The summed E-state index contributed by atoms with van der Waals surface area (Å²) in [6.45, 7) is 1.81. The summed E-state index contributed by atoms with van der Waals surface area (Å²) < 4.78 is 5.07. The molecule has 0 radical (unpaired) electrons. The highest BCUT2D eigenvalue weighted by molar-refractivity contribution is 6.32. The second-order valence-corrected chi connectivity index (χ2v) is 4.66. The van der Waals surface area contributed by atoms with E-state index in [1.54, 1.807) is 18.3 Å². The Labute approximate surface area is 114 Å². The van der Waals surface area contributed by atoms with E-state index in [0.29, 0.717) is 28.9 Å². The van der Waals surface area contributed by atoms with Crippen LogP contribution in [-0.2, 0) is 11.2 Å². The van der Waals surface area contributed by atoms with Crippen molar-refractivity contribution in [2.45, 2.75) is 19.8 Å². The van der Waals surface area contributed by atoms with Crippen LogP contribution < -0.4 is 0 Å². The van der Waals surface area contributed by atoms with Crippen molar-refractivity contribution in [3.8, 4) is 11.5 Å². The number of carbonyl (C=O) groups is 1. The van der Waals surface area contributed by atoms with Gasteiger partial charge in [0, 0.05) is 19.0 Å². The van der Waals surface area contributed by atoms with Gasteiger partial charge < -0.3 is 9.63 Å². The Balaban J connectivity index is 2.11. The van der Waals surface area contributed by atoms with Crippen LogP contribution in [0.4, 0.5) is 0 Å². The van der Waals surface area contributed by atoms with Crippen LogP contribution in [0.25, 0.3) is 11.5 Å². The summed E-state index contributed by atoms with van der Waals surface area (Å²) in [5.74, 6) is -0.237. The van der Waals surface area contributed by atoms with Gasteiger partial charge in [0.2, 0.25) is 11.7 Å². The van der Waals surface area contributed by atoms with Gasteiger partial charge in [0.1, 0.15) is 5.69 Å². The summed E-state index contributed by atoms with van der Waals surface area (Å²) in [6.07, 6.45) is 2.05. The molecule has 2 aromatic heterocycles. The molecule has 2 aromatic rings. The van der Waals surface area contributed by atoms with E-state index in [-0.39, 0.29) is 12.3 Å². The Morgan fingerprint density at radius 2 is 2.37 bits per heavy atom. The van der Waals surface area contributed by atoms with Crippen LogP contribution in [0.3, 0.4) is 0 Å². The molecule has 0 saturated carbocycles. The van der Waals surface area contributed by atoms with Gasteiger partial charge in [-0.2, -0.15) is 4.98 Å². The number of hydrogen-bond acceptors (Lipinski definition) is 5. The van der Waals surface area contributed by atoms with Gasteiger partial charge in [-0.25, -0.2) is 0 Å². The van der Waals surface area contributed by atoms with Crippen molar-refractivity contribution >= 4 is 17.6 Å². The lowest BCUT2D eigenvalue weighted by molar-refractivity contribution is -0.137. The second-order valence-electron chi connectivity index (χ2n) is 4.25. The van der Waals surface area contributed by atoms with Crippen LogP contribution in [-0.4, -0.2) is 26.2 Å². The van der Waals surface area contributed by atoms with E-state index in [9.17, 15) is 4.79 Å². The predicted molar refractivity (Wildman–Crippen MR) is 67.7 cm³/mol. The highest BCUT2D eigenvalue weighted by Gasteiger charge is 2.16. The van der Waals surface area contributed by atoms with Gasteiger partial charge in [0.15, 0.2) is 0 Å². The second kappa shape index (κ2) is 5.79. The third-order valence-electron chi connectivity index (χ3n) is 2.48. The number of halogens is 1. The molecule has 0 aliphatic heterocycles. The third-order valence-corrected chi connectivity index (χ3v) is 2.79. The summed E-state index contributed by atoms with van der Waals surface area (Å²) in [6, 6.07) is 3.40. The summed E-state index contributed by atoms with van der Waals surface area (Å²) in [7, 11) is 0. The number of hydrogen-bond donors (Lipinski definition) is 1. The first-order valence-corrected chi connectivity index (χ1v) is 6.09. The van der Waals surface area contributed by atoms with Crippen LogP contribution in [0, 0.1) is 5.92 Å².